The number of esters is 1. The highest BCUT2D eigenvalue weighted by molar-refractivity contribution is 5.91. The number of benzene rings is 2. The number of carbonyl (C=O) groups excluding carboxylic acids is 1. The number of nitro groups is 1. The smallest absolute Gasteiger partial charge is 0.404 e. The topological polar surface area (TPSA) is 87.3 Å². The van der Waals surface area contributed by atoms with Crippen molar-refractivity contribution in [2.75, 3.05) is 0 Å². The van der Waals surface area contributed by atoms with E-state index in [-0.39, 0.29) is 17.1 Å². The van der Waals surface area contributed by atoms with Crippen molar-refractivity contribution in [1.82, 2.24) is 9.78 Å². The first-order valence-corrected chi connectivity index (χ1v) is 9.11. The number of non-ortho nitro benzene ring substituents is 1. The third kappa shape index (κ3) is 4.90. The van der Waals surface area contributed by atoms with Gasteiger partial charge in [-0.1, -0.05) is 20.8 Å². The average Bonchev–Trinajstić information content (AvgIpc) is 3.11. The summed E-state index contributed by atoms with van der Waals surface area (Å²) in [5.74, 6) is -0.832. The van der Waals surface area contributed by atoms with Gasteiger partial charge in [0.15, 0.2) is 0 Å². The number of rotatable bonds is 4. The molecule has 0 aliphatic carbocycles. The van der Waals surface area contributed by atoms with Crippen LogP contribution in [0.3, 0.4) is 0 Å². The minimum absolute atomic E-state index is 0.0312. The summed E-state index contributed by atoms with van der Waals surface area (Å²) in [4.78, 5) is 22.9. The van der Waals surface area contributed by atoms with E-state index in [1.54, 1.807) is 6.07 Å². The molecule has 0 spiro atoms. The van der Waals surface area contributed by atoms with E-state index >= 15 is 0 Å². The van der Waals surface area contributed by atoms with Crippen molar-refractivity contribution in [2.45, 2.75) is 32.4 Å². The summed E-state index contributed by atoms with van der Waals surface area (Å²) in [5, 5.41) is 15.3. The second kappa shape index (κ2) is 7.86. The van der Waals surface area contributed by atoms with E-state index in [9.17, 15) is 28.1 Å². The fraction of sp³-hybridized carbons (Fsp3) is 0.238. The molecule has 0 amide bonds. The van der Waals surface area contributed by atoms with Crippen molar-refractivity contribution >= 4 is 11.7 Å². The van der Waals surface area contributed by atoms with E-state index < -0.39 is 28.0 Å². The first-order valence-electron chi connectivity index (χ1n) is 9.11. The van der Waals surface area contributed by atoms with Gasteiger partial charge in [0, 0.05) is 23.6 Å². The van der Waals surface area contributed by atoms with Crippen molar-refractivity contribution in [3.63, 3.8) is 0 Å². The van der Waals surface area contributed by atoms with E-state index in [2.05, 4.69) is 5.10 Å². The normalized spacial score (nSPS) is 11.9. The molecule has 0 aliphatic rings. The molecule has 1 heterocycles. The second-order valence-corrected chi connectivity index (χ2v) is 7.77. The molecule has 10 heteroatoms. The molecule has 0 aliphatic heterocycles. The molecule has 162 valence electrons. The van der Waals surface area contributed by atoms with Crippen LogP contribution in [0, 0.1) is 10.1 Å². The highest BCUT2D eigenvalue weighted by Gasteiger charge is 2.30. The number of aromatic nitrogens is 2. The molecule has 0 N–H and O–H groups in total. The van der Waals surface area contributed by atoms with Crippen LogP contribution in [0.25, 0.3) is 5.69 Å². The zero-order valence-electron chi connectivity index (χ0n) is 16.8. The van der Waals surface area contributed by atoms with Gasteiger partial charge in [-0.25, -0.2) is 9.48 Å². The van der Waals surface area contributed by atoms with E-state index in [0.29, 0.717) is 11.4 Å². The summed E-state index contributed by atoms with van der Waals surface area (Å²) in [5.41, 5.74) is -0.467. The Labute approximate surface area is 175 Å². The SMILES string of the molecule is CC(C)(C)c1cc(OC(=O)c2ccc(C(F)(F)F)cc2)n(-c2ccc([N+](=O)[O-])cc2)n1. The molecule has 7 nitrogen and oxygen atoms in total. The van der Waals surface area contributed by atoms with Crippen LogP contribution in [0.5, 0.6) is 5.88 Å². The first kappa shape index (κ1) is 22.0. The minimum atomic E-state index is -4.52. The summed E-state index contributed by atoms with van der Waals surface area (Å²) in [6.45, 7) is 5.70. The molecule has 3 rings (SSSR count). The lowest BCUT2D eigenvalue weighted by molar-refractivity contribution is -0.384. The van der Waals surface area contributed by atoms with Gasteiger partial charge in [-0.2, -0.15) is 18.3 Å². The van der Waals surface area contributed by atoms with E-state index in [0.717, 1.165) is 24.3 Å². The molecule has 31 heavy (non-hydrogen) atoms. The Morgan fingerprint density at radius 2 is 1.61 bits per heavy atom. The first-order chi connectivity index (χ1) is 14.4. The summed E-state index contributed by atoms with van der Waals surface area (Å²) in [6.07, 6.45) is -4.52. The zero-order chi connectivity index (χ0) is 23.0. The summed E-state index contributed by atoms with van der Waals surface area (Å²) >= 11 is 0. The van der Waals surface area contributed by atoms with Crippen LogP contribution in [0.1, 0.15) is 42.4 Å². The molecule has 3 aromatic rings. The average molecular weight is 433 g/mol. The number of ether oxygens (including phenoxy) is 1. The van der Waals surface area contributed by atoms with Gasteiger partial charge in [0.2, 0.25) is 5.88 Å². The van der Waals surface area contributed by atoms with Crippen LogP contribution in [0.15, 0.2) is 54.6 Å². The fourth-order valence-corrected chi connectivity index (χ4v) is 2.65. The molecule has 0 radical (unpaired) electrons. The molecular weight excluding hydrogens is 415 g/mol. The summed E-state index contributed by atoms with van der Waals surface area (Å²) in [6, 6.07) is 10.7. The quantitative estimate of drug-likeness (QED) is 0.316. The van der Waals surface area contributed by atoms with Crippen LogP contribution in [-0.2, 0) is 11.6 Å². The van der Waals surface area contributed by atoms with Gasteiger partial charge in [0.1, 0.15) is 0 Å². The van der Waals surface area contributed by atoms with Gasteiger partial charge < -0.3 is 4.74 Å². The van der Waals surface area contributed by atoms with E-state index in [1.807, 2.05) is 20.8 Å². The third-order valence-electron chi connectivity index (χ3n) is 4.40. The van der Waals surface area contributed by atoms with Gasteiger partial charge in [0.25, 0.3) is 5.69 Å². The lowest BCUT2D eigenvalue weighted by Gasteiger charge is -2.13. The predicted octanol–water partition coefficient (Wildman–Crippen LogP) is 5.32. The molecule has 0 saturated heterocycles. The lowest BCUT2D eigenvalue weighted by Crippen LogP contribution is -2.13. The van der Waals surface area contributed by atoms with Crippen molar-refractivity contribution in [3.05, 3.63) is 81.5 Å². The van der Waals surface area contributed by atoms with Crippen molar-refractivity contribution in [3.8, 4) is 11.6 Å². The number of nitrogens with zero attached hydrogens (tertiary/aromatic N) is 3. The molecule has 0 saturated carbocycles. The van der Waals surface area contributed by atoms with Crippen LogP contribution < -0.4 is 4.74 Å². The van der Waals surface area contributed by atoms with Crippen molar-refractivity contribution < 1.29 is 27.6 Å². The molecule has 0 atom stereocenters. The van der Waals surface area contributed by atoms with Crippen molar-refractivity contribution in [1.29, 1.82) is 0 Å². The van der Waals surface area contributed by atoms with Gasteiger partial charge in [-0.05, 0) is 36.4 Å². The molecule has 2 aromatic carbocycles. The Balaban J connectivity index is 1.95. The second-order valence-electron chi connectivity index (χ2n) is 7.77. The number of hydrogen-bond donors (Lipinski definition) is 0. The lowest BCUT2D eigenvalue weighted by atomic mass is 9.93. The molecule has 0 bridgehead atoms. The Morgan fingerprint density at radius 3 is 2.10 bits per heavy atom. The Kier molecular flexibility index (Phi) is 5.58. The Morgan fingerprint density at radius 1 is 1.03 bits per heavy atom. The number of carbonyl (C=O) groups is 1. The number of nitro benzene ring substituents is 1. The van der Waals surface area contributed by atoms with Gasteiger partial charge in [-0.3, -0.25) is 10.1 Å². The number of halogens is 3. The maximum Gasteiger partial charge on any atom is 0.416 e. The molecule has 1 aromatic heterocycles. The van der Waals surface area contributed by atoms with Gasteiger partial charge in [0.05, 0.1) is 27.4 Å². The Hall–Kier alpha value is -3.69. The van der Waals surface area contributed by atoms with E-state index in [4.69, 9.17) is 4.74 Å². The summed E-state index contributed by atoms with van der Waals surface area (Å²) < 4.78 is 44.9. The maximum absolute atomic E-state index is 12.7. The van der Waals surface area contributed by atoms with Crippen LogP contribution in [0.4, 0.5) is 18.9 Å². The maximum atomic E-state index is 12.7. The van der Waals surface area contributed by atoms with Crippen LogP contribution >= 0.6 is 0 Å². The third-order valence-corrected chi connectivity index (χ3v) is 4.40. The van der Waals surface area contributed by atoms with Crippen LogP contribution in [-0.4, -0.2) is 20.7 Å². The number of alkyl halides is 3. The molecule has 0 unspecified atom stereocenters. The summed E-state index contributed by atoms with van der Waals surface area (Å²) in [7, 11) is 0. The van der Waals surface area contributed by atoms with Gasteiger partial charge >= 0.3 is 12.1 Å². The largest absolute Gasteiger partial charge is 0.416 e. The number of hydrogen-bond acceptors (Lipinski definition) is 5. The standard InChI is InChI=1S/C21H18F3N3O4/c1-20(2,3)17-12-18(26(25-17)15-8-10-16(11-9-15)27(29)30)31-19(28)13-4-6-14(7-5-13)21(22,23)24/h4-12H,1-3H3. The Bertz CT molecular complexity index is 1110. The highest BCUT2D eigenvalue weighted by atomic mass is 19.4. The van der Waals surface area contributed by atoms with Crippen LogP contribution in [0.2, 0.25) is 0 Å². The monoisotopic (exact) mass is 433 g/mol. The predicted molar refractivity (Wildman–Crippen MR) is 105 cm³/mol. The van der Waals surface area contributed by atoms with Crippen molar-refractivity contribution in [2.24, 2.45) is 0 Å². The molecular formula is C21H18F3N3O4. The minimum Gasteiger partial charge on any atom is -0.404 e. The fourth-order valence-electron chi connectivity index (χ4n) is 2.65. The van der Waals surface area contributed by atoms with Gasteiger partial charge in [-0.15, -0.1) is 0 Å². The van der Waals surface area contributed by atoms with E-state index in [1.165, 1.54) is 28.9 Å². The zero-order valence-corrected chi connectivity index (χ0v) is 16.8. The molecule has 0 fully saturated rings. The highest BCUT2D eigenvalue weighted by Crippen LogP contribution is 2.31.